The van der Waals surface area contributed by atoms with Gasteiger partial charge >= 0.3 is 0 Å². The zero-order valence-corrected chi connectivity index (χ0v) is 7.45. The molecule has 0 aromatic rings. The average Bonchev–Trinajstić information content (AvgIpc) is 2.07. The van der Waals surface area contributed by atoms with Gasteiger partial charge in [0, 0.05) is 13.1 Å². The molecule has 0 amide bonds. The minimum atomic E-state index is 0.646. The standard InChI is InChI=1S/C8H17N3/c1-9-10-11(2)8-6-4-3-5-7-8/h8H,3-7H2,1-2H3. The van der Waals surface area contributed by atoms with Crippen LogP contribution in [0, 0.1) is 0 Å². The van der Waals surface area contributed by atoms with Crippen molar-refractivity contribution in [1.82, 2.24) is 5.01 Å². The SMILES string of the molecule is CN=NN(C)C1CCCCC1. The van der Waals surface area contributed by atoms with Crippen LogP contribution in [-0.4, -0.2) is 25.1 Å². The molecule has 0 unspecified atom stereocenters. The van der Waals surface area contributed by atoms with Gasteiger partial charge < -0.3 is 0 Å². The Balaban J connectivity index is 2.32. The van der Waals surface area contributed by atoms with E-state index in [9.17, 15) is 0 Å². The molecular formula is C8H17N3. The van der Waals surface area contributed by atoms with E-state index in [1.165, 1.54) is 32.1 Å². The second-order valence-electron chi connectivity index (χ2n) is 3.15. The summed E-state index contributed by atoms with van der Waals surface area (Å²) in [7, 11) is 3.74. The smallest absolute Gasteiger partial charge is 0.0509 e. The van der Waals surface area contributed by atoms with E-state index >= 15 is 0 Å². The van der Waals surface area contributed by atoms with Crippen LogP contribution in [0.4, 0.5) is 0 Å². The minimum Gasteiger partial charge on any atom is -0.279 e. The van der Waals surface area contributed by atoms with Crippen LogP contribution >= 0.6 is 0 Å². The Morgan fingerprint density at radius 1 is 1.18 bits per heavy atom. The lowest BCUT2D eigenvalue weighted by molar-refractivity contribution is 0.186. The molecule has 0 aromatic heterocycles. The number of hydrogen-bond acceptors (Lipinski definition) is 2. The summed E-state index contributed by atoms with van der Waals surface area (Å²) < 4.78 is 0. The fourth-order valence-corrected chi connectivity index (χ4v) is 1.67. The molecule has 0 bridgehead atoms. The molecule has 11 heavy (non-hydrogen) atoms. The fourth-order valence-electron chi connectivity index (χ4n) is 1.67. The molecule has 1 saturated carbocycles. The molecule has 3 heteroatoms. The maximum atomic E-state index is 4.01. The van der Waals surface area contributed by atoms with Crippen molar-refractivity contribution in [1.29, 1.82) is 0 Å². The first-order valence-corrected chi connectivity index (χ1v) is 4.37. The van der Waals surface area contributed by atoms with E-state index in [0.29, 0.717) is 6.04 Å². The van der Waals surface area contributed by atoms with E-state index in [4.69, 9.17) is 0 Å². The van der Waals surface area contributed by atoms with Crippen LogP contribution in [0.2, 0.25) is 0 Å². The van der Waals surface area contributed by atoms with E-state index in [1.54, 1.807) is 7.05 Å². The number of nitrogens with zero attached hydrogens (tertiary/aromatic N) is 3. The third-order valence-corrected chi connectivity index (χ3v) is 2.33. The second-order valence-corrected chi connectivity index (χ2v) is 3.15. The van der Waals surface area contributed by atoms with E-state index in [2.05, 4.69) is 10.3 Å². The van der Waals surface area contributed by atoms with Crippen molar-refractivity contribution in [3.63, 3.8) is 0 Å². The Labute approximate surface area is 68.5 Å². The molecule has 1 fully saturated rings. The molecule has 3 nitrogen and oxygen atoms in total. The first-order valence-electron chi connectivity index (χ1n) is 4.37. The maximum absolute atomic E-state index is 4.01. The summed E-state index contributed by atoms with van der Waals surface area (Å²) in [6, 6.07) is 0.646. The number of rotatable bonds is 2. The highest BCUT2D eigenvalue weighted by atomic mass is 15.5. The van der Waals surface area contributed by atoms with Crippen LogP contribution in [0.25, 0.3) is 0 Å². The lowest BCUT2D eigenvalue weighted by Gasteiger charge is -2.27. The molecule has 0 aliphatic heterocycles. The molecule has 1 aliphatic carbocycles. The first kappa shape index (κ1) is 8.50. The average molecular weight is 155 g/mol. The van der Waals surface area contributed by atoms with Crippen molar-refractivity contribution in [2.45, 2.75) is 38.1 Å². The summed E-state index contributed by atoms with van der Waals surface area (Å²) >= 11 is 0. The minimum absolute atomic E-state index is 0.646. The third kappa shape index (κ3) is 2.48. The summed E-state index contributed by atoms with van der Waals surface area (Å²) in [5, 5.41) is 9.77. The van der Waals surface area contributed by atoms with Gasteiger partial charge in [-0.05, 0) is 12.8 Å². The van der Waals surface area contributed by atoms with Crippen molar-refractivity contribution in [2.75, 3.05) is 14.1 Å². The Morgan fingerprint density at radius 2 is 1.82 bits per heavy atom. The normalized spacial score (nSPS) is 20.9. The molecule has 0 heterocycles. The molecule has 0 N–H and O–H groups in total. The van der Waals surface area contributed by atoms with Crippen LogP contribution in [0.1, 0.15) is 32.1 Å². The highest BCUT2D eigenvalue weighted by molar-refractivity contribution is 4.70. The summed E-state index contributed by atoms with van der Waals surface area (Å²) in [6.45, 7) is 0. The first-order chi connectivity index (χ1) is 5.34. The van der Waals surface area contributed by atoms with E-state index in [0.717, 1.165) is 0 Å². The zero-order valence-electron chi connectivity index (χ0n) is 7.45. The molecule has 0 atom stereocenters. The van der Waals surface area contributed by atoms with E-state index in [1.807, 2.05) is 12.1 Å². The molecule has 0 spiro atoms. The molecule has 1 aliphatic rings. The van der Waals surface area contributed by atoms with E-state index in [-0.39, 0.29) is 0 Å². The van der Waals surface area contributed by atoms with Gasteiger partial charge in [-0.3, -0.25) is 5.01 Å². The topological polar surface area (TPSA) is 28.0 Å². The highest BCUT2D eigenvalue weighted by Gasteiger charge is 2.16. The lowest BCUT2D eigenvalue weighted by Crippen LogP contribution is -2.28. The Bertz CT molecular complexity index is 127. The zero-order chi connectivity index (χ0) is 8.10. The summed E-state index contributed by atoms with van der Waals surface area (Å²) in [5.74, 6) is 0. The van der Waals surface area contributed by atoms with Crippen molar-refractivity contribution < 1.29 is 0 Å². The molecular weight excluding hydrogens is 138 g/mol. The largest absolute Gasteiger partial charge is 0.279 e. The molecule has 0 aromatic carbocycles. The lowest BCUT2D eigenvalue weighted by atomic mass is 9.95. The van der Waals surface area contributed by atoms with Crippen molar-refractivity contribution in [3.8, 4) is 0 Å². The monoisotopic (exact) mass is 155 g/mol. The van der Waals surface area contributed by atoms with Gasteiger partial charge in [0.05, 0.1) is 7.05 Å². The van der Waals surface area contributed by atoms with Gasteiger partial charge in [0.1, 0.15) is 0 Å². The van der Waals surface area contributed by atoms with Crippen LogP contribution in [0.3, 0.4) is 0 Å². The fraction of sp³-hybridized carbons (Fsp3) is 1.00. The van der Waals surface area contributed by atoms with Crippen LogP contribution in [0.15, 0.2) is 10.3 Å². The van der Waals surface area contributed by atoms with Gasteiger partial charge in [0.15, 0.2) is 0 Å². The third-order valence-electron chi connectivity index (χ3n) is 2.33. The number of hydrogen-bond donors (Lipinski definition) is 0. The Morgan fingerprint density at radius 3 is 2.36 bits per heavy atom. The van der Waals surface area contributed by atoms with Crippen LogP contribution < -0.4 is 0 Å². The van der Waals surface area contributed by atoms with Crippen LogP contribution in [0.5, 0.6) is 0 Å². The van der Waals surface area contributed by atoms with Gasteiger partial charge in [-0.1, -0.05) is 24.5 Å². The van der Waals surface area contributed by atoms with Gasteiger partial charge in [-0.2, -0.15) is 5.11 Å². The second kappa shape index (κ2) is 4.31. The predicted octanol–water partition coefficient (Wildman–Crippen LogP) is 2.25. The highest BCUT2D eigenvalue weighted by Crippen LogP contribution is 2.21. The van der Waals surface area contributed by atoms with Gasteiger partial charge in [-0.25, -0.2) is 0 Å². The molecule has 1 rings (SSSR count). The Hall–Kier alpha value is -0.600. The van der Waals surface area contributed by atoms with Gasteiger partial charge in [-0.15, -0.1) is 0 Å². The van der Waals surface area contributed by atoms with Crippen LogP contribution in [-0.2, 0) is 0 Å². The van der Waals surface area contributed by atoms with Crippen molar-refractivity contribution in [2.24, 2.45) is 10.3 Å². The van der Waals surface area contributed by atoms with Crippen molar-refractivity contribution >= 4 is 0 Å². The predicted molar refractivity (Wildman–Crippen MR) is 45.4 cm³/mol. The molecule has 64 valence electrons. The summed E-state index contributed by atoms with van der Waals surface area (Å²) in [5.41, 5.74) is 0. The Kier molecular flexibility index (Phi) is 3.33. The quantitative estimate of drug-likeness (QED) is 0.444. The van der Waals surface area contributed by atoms with Gasteiger partial charge in [0.25, 0.3) is 0 Å². The van der Waals surface area contributed by atoms with Crippen molar-refractivity contribution in [3.05, 3.63) is 0 Å². The summed E-state index contributed by atoms with van der Waals surface area (Å²) in [4.78, 5) is 0. The maximum Gasteiger partial charge on any atom is 0.0509 e. The molecule has 0 radical (unpaired) electrons. The molecule has 0 saturated heterocycles. The van der Waals surface area contributed by atoms with E-state index < -0.39 is 0 Å². The van der Waals surface area contributed by atoms with Gasteiger partial charge in [0.2, 0.25) is 0 Å². The summed E-state index contributed by atoms with van der Waals surface area (Å²) in [6.07, 6.45) is 6.68.